The van der Waals surface area contributed by atoms with Crippen LogP contribution in [-0.4, -0.2) is 14.9 Å². The number of benzene rings is 1. The van der Waals surface area contributed by atoms with Crippen LogP contribution in [-0.2, 0) is 6.54 Å². The fourth-order valence-corrected chi connectivity index (χ4v) is 1.67. The third-order valence-corrected chi connectivity index (χ3v) is 2.54. The smallest absolute Gasteiger partial charge is 0.133 e. The van der Waals surface area contributed by atoms with E-state index in [2.05, 4.69) is 12.0 Å². The first-order valence-electron chi connectivity index (χ1n) is 5.50. The molecule has 0 radical (unpaired) electrons. The first-order valence-corrected chi connectivity index (χ1v) is 5.50. The van der Waals surface area contributed by atoms with E-state index in [1.165, 1.54) is 6.07 Å². The van der Waals surface area contributed by atoms with E-state index < -0.39 is 0 Å². The molecule has 0 bridgehead atoms. The van der Waals surface area contributed by atoms with Crippen LogP contribution in [0.1, 0.15) is 18.9 Å². The molecule has 0 spiro atoms. The van der Waals surface area contributed by atoms with Crippen molar-refractivity contribution in [3.05, 3.63) is 36.2 Å². The number of aromatic nitrogens is 2. The number of rotatable bonds is 3. The Morgan fingerprint density at radius 2 is 2.24 bits per heavy atom. The number of nitriles is 1. The molecule has 1 aromatic carbocycles. The molecule has 0 saturated heterocycles. The van der Waals surface area contributed by atoms with Gasteiger partial charge < -0.3 is 5.11 Å². The minimum atomic E-state index is 0.0113. The highest BCUT2D eigenvalue weighted by molar-refractivity contribution is 5.65. The van der Waals surface area contributed by atoms with Crippen molar-refractivity contribution in [3.8, 4) is 22.9 Å². The van der Waals surface area contributed by atoms with Crippen molar-refractivity contribution in [2.45, 2.75) is 19.9 Å². The van der Waals surface area contributed by atoms with Gasteiger partial charge in [0.05, 0.1) is 11.8 Å². The second-order valence-corrected chi connectivity index (χ2v) is 3.84. The van der Waals surface area contributed by atoms with Gasteiger partial charge in [-0.15, -0.1) is 0 Å². The van der Waals surface area contributed by atoms with E-state index in [4.69, 9.17) is 5.26 Å². The third-order valence-electron chi connectivity index (χ3n) is 2.54. The zero-order chi connectivity index (χ0) is 12.3. The lowest BCUT2D eigenvalue weighted by atomic mass is 10.1. The van der Waals surface area contributed by atoms with Gasteiger partial charge in [-0.3, -0.25) is 4.68 Å². The number of hydrogen-bond acceptors (Lipinski definition) is 3. The average molecular weight is 227 g/mol. The molecule has 0 aliphatic carbocycles. The molecule has 0 aliphatic rings. The molecule has 0 amide bonds. The van der Waals surface area contributed by atoms with Crippen molar-refractivity contribution < 1.29 is 5.11 Å². The van der Waals surface area contributed by atoms with Crippen molar-refractivity contribution >= 4 is 0 Å². The quantitative estimate of drug-likeness (QED) is 0.876. The van der Waals surface area contributed by atoms with Gasteiger partial charge in [-0.05, 0) is 24.1 Å². The lowest BCUT2D eigenvalue weighted by Gasteiger charge is -2.00. The molecular formula is C13H13N3O. The molecule has 1 heterocycles. The lowest BCUT2D eigenvalue weighted by molar-refractivity contribution is 0.473. The normalized spacial score (nSPS) is 10.1. The van der Waals surface area contributed by atoms with Gasteiger partial charge >= 0.3 is 0 Å². The van der Waals surface area contributed by atoms with Crippen LogP contribution in [0.3, 0.4) is 0 Å². The van der Waals surface area contributed by atoms with Crippen molar-refractivity contribution in [1.29, 1.82) is 5.26 Å². The molecule has 1 N–H and O–H groups in total. The van der Waals surface area contributed by atoms with E-state index in [0.29, 0.717) is 0 Å². The molecule has 1 aromatic heterocycles. The van der Waals surface area contributed by atoms with Crippen LogP contribution >= 0.6 is 0 Å². The van der Waals surface area contributed by atoms with Gasteiger partial charge in [0.1, 0.15) is 11.8 Å². The van der Waals surface area contributed by atoms with E-state index >= 15 is 0 Å². The van der Waals surface area contributed by atoms with Gasteiger partial charge in [0.25, 0.3) is 0 Å². The first kappa shape index (κ1) is 11.2. The number of aromatic hydroxyl groups is 1. The van der Waals surface area contributed by atoms with Crippen molar-refractivity contribution in [3.63, 3.8) is 0 Å². The fourth-order valence-electron chi connectivity index (χ4n) is 1.67. The summed E-state index contributed by atoms with van der Waals surface area (Å²) in [5.74, 6) is 0.0113. The Bertz CT molecular complexity index is 566. The summed E-state index contributed by atoms with van der Waals surface area (Å²) in [6.45, 7) is 2.97. The van der Waals surface area contributed by atoms with Crippen molar-refractivity contribution in [1.82, 2.24) is 9.78 Å². The number of hydrogen-bond donors (Lipinski definition) is 1. The number of aryl methyl sites for hydroxylation is 1. The van der Waals surface area contributed by atoms with E-state index in [1.54, 1.807) is 18.3 Å². The summed E-state index contributed by atoms with van der Waals surface area (Å²) in [7, 11) is 0. The lowest BCUT2D eigenvalue weighted by Crippen LogP contribution is -1.95. The standard InChI is InChI=1S/C13H13N3O/c1-2-5-16-9-12(8-15-16)10-3-4-13(17)11(6-10)7-14/h3-4,6,8-9,17H,2,5H2,1H3. The predicted molar refractivity (Wildman–Crippen MR) is 64.3 cm³/mol. The number of phenols is 1. The minimum Gasteiger partial charge on any atom is -0.507 e. The monoisotopic (exact) mass is 227 g/mol. The molecule has 4 nitrogen and oxygen atoms in total. The molecule has 0 aliphatic heterocycles. The van der Waals surface area contributed by atoms with Crippen molar-refractivity contribution in [2.75, 3.05) is 0 Å². The first-order chi connectivity index (χ1) is 8.24. The Balaban J connectivity index is 2.36. The zero-order valence-corrected chi connectivity index (χ0v) is 9.59. The highest BCUT2D eigenvalue weighted by Gasteiger charge is 2.05. The van der Waals surface area contributed by atoms with Crippen LogP contribution < -0.4 is 0 Å². The molecular weight excluding hydrogens is 214 g/mol. The summed E-state index contributed by atoms with van der Waals surface area (Å²) >= 11 is 0. The summed E-state index contributed by atoms with van der Waals surface area (Å²) in [6.07, 6.45) is 4.74. The fraction of sp³-hybridized carbons (Fsp3) is 0.231. The van der Waals surface area contributed by atoms with Gasteiger partial charge in [-0.2, -0.15) is 10.4 Å². The van der Waals surface area contributed by atoms with E-state index in [1.807, 2.05) is 16.9 Å². The van der Waals surface area contributed by atoms with Gasteiger partial charge in [0.2, 0.25) is 0 Å². The molecule has 0 unspecified atom stereocenters. The van der Waals surface area contributed by atoms with Crippen molar-refractivity contribution in [2.24, 2.45) is 0 Å². The largest absolute Gasteiger partial charge is 0.507 e. The van der Waals surface area contributed by atoms with Crippen LogP contribution in [0.5, 0.6) is 5.75 Å². The van der Waals surface area contributed by atoms with E-state index in [9.17, 15) is 5.11 Å². The SMILES string of the molecule is CCCn1cc(-c2ccc(O)c(C#N)c2)cn1. The summed E-state index contributed by atoms with van der Waals surface area (Å²) in [6, 6.07) is 6.94. The Morgan fingerprint density at radius 1 is 1.41 bits per heavy atom. The van der Waals surface area contributed by atoms with Crippen LogP contribution in [0.2, 0.25) is 0 Å². The average Bonchev–Trinajstić information content (AvgIpc) is 2.79. The van der Waals surface area contributed by atoms with Gasteiger partial charge in [-0.25, -0.2) is 0 Å². The third kappa shape index (κ3) is 2.28. The molecule has 0 fully saturated rings. The van der Waals surface area contributed by atoms with Gasteiger partial charge in [0.15, 0.2) is 0 Å². The molecule has 2 aromatic rings. The maximum atomic E-state index is 9.43. The summed E-state index contributed by atoms with van der Waals surface area (Å²) < 4.78 is 1.87. The second kappa shape index (κ2) is 4.71. The van der Waals surface area contributed by atoms with Crippen LogP contribution in [0.15, 0.2) is 30.6 Å². The molecule has 17 heavy (non-hydrogen) atoms. The number of nitrogens with zero attached hydrogens (tertiary/aromatic N) is 3. The second-order valence-electron chi connectivity index (χ2n) is 3.84. The Labute approximate surface area is 99.7 Å². The molecule has 0 saturated carbocycles. The van der Waals surface area contributed by atoms with Gasteiger partial charge in [0, 0.05) is 18.3 Å². The maximum absolute atomic E-state index is 9.43. The minimum absolute atomic E-state index is 0.0113. The highest BCUT2D eigenvalue weighted by Crippen LogP contribution is 2.25. The molecule has 0 atom stereocenters. The highest BCUT2D eigenvalue weighted by atomic mass is 16.3. The number of phenolic OH excluding ortho intramolecular Hbond substituents is 1. The van der Waals surface area contributed by atoms with Crippen LogP contribution in [0.4, 0.5) is 0 Å². The van der Waals surface area contributed by atoms with E-state index in [0.717, 1.165) is 24.1 Å². The van der Waals surface area contributed by atoms with Crippen LogP contribution in [0.25, 0.3) is 11.1 Å². The molecule has 2 rings (SSSR count). The molecule has 86 valence electrons. The molecule has 4 heteroatoms. The topological polar surface area (TPSA) is 61.8 Å². The van der Waals surface area contributed by atoms with Crippen LogP contribution in [0, 0.1) is 11.3 Å². The zero-order valence-electron chi connectivity index (χ0n) is 9.59. The Kier molecular flexibility index (Phi) is 3.10. The predicted octanol–water partition coefficient (Wildman–Crippen LogP) is 2.54. The summed E-state index contributed by atoms with van der Waals surface area (Å²) in [5, 5.41) is 22.5. The van der Waals surface area contributed by atoms with Gasteiger partial charge in [-0.1, -0.05) is 13.0 Å². The Morgan fingerprint density at radius 3 is 2.94 bits per heavy atom. The summed E-state index contributed by atoms with van der Waals surface area (Å²) in [4.78, 5) is 0. The Hall–Kier alpha value is -2.28. The maximum Gasteiger partial charge on any atom is 0.133 e. The summed E-state index contributed by atoms with van der Waals surface area (Å²) in [5.41, 5.74) is 2.13. The van der Waals surface area contributed by atoms with E-state index in [-0.39, 0.29) is 11.3 Å².